The van der Waals surface area contributed by atoms with E-state index < -0.39 is 20.9 Å². The summed E-state index contributed by atoms with van der Waals surface area (Å²) in [5, 5.41) is 10.8. The smallest absolute Gasteiger partial charge is 0.338 e. The Morgan fingerprint density at radius 3 is 2.53 bits per heavy atom. The van der Waals surface area contributed by atoms with Gasteiger partial charge in [-0.3, -0.25) is 14.4 Å². The highest BCUT2D eigenvalue weighted by Crippen LogP contribution is 2.35. The third-order valence-electron chi connectivity index (χ3n) is 5.55. The molecule has 1 heterocycles. The summed E-state index contributed by atoms with van der Waals surface area (Å²) >= 11 is 0. The van der Waals surface area contributed by atoms with Crippen molar-refractivity contribution in [2.45, 2.75) is 24.3 Å². The molecule has 10 heteroatoms. The molecule has 3 aromatic rings. The van der Waals surface area contributed by atoms with Crippen LogP contribution in [0.5, 0.6) is 5.75 Å². The number of fused-ring (bicyclic) bond motifs is 1. The number of rotatable bonds is 7. The second-order valence-electron chi connectivity index (χ2n) is 7.67. The van der Waals surface area contributed by atoms with E-state index >= 15 is 0 Å². The van der Waals surface area contributed by atoms with Crippen LogP contribution in [-0.2, 0) is 27.8 Å². The minimum absolute atomic E-state index is 0.0478. The number of nitro groups is 1. The number of sulfonamides is 1. The van der Waals surface area contributed by atoms with E-state index in [4.69, 9.17) is 9.47 Å². The van der Waals surface area contributed by atoms with Crippen LogP contribution in [-0.4, -0.2) is 33.0 Å². The van der Waals surface area contributed by atoms with Gasteiger partial charge in [0.05, 0.1) is 23.3 Å². The molecule has 0 N–H and O–H groups in total. The molecule has 34 heavy (non-hydrogen) atoms. The quantitative estimate of drug-likeness (QED) is 0.283. The summed E-state index contributed by atoms with van der Waals surface area (Å²) in [5.41, 5.74) is 2.09. The Hall–Kier alpha value is -3.92. The fourth-order valence-corrected chi connectivity index (χ4v) is 5.54. The molecule has 0 unspecified atom stereocenters. The lowest BCUT2D eigenvalue weighted by Gasteiger charge is -2.30. The molecule has 1 aliphatic rings. The standard InChI is InChI=1S/C24H22N2O7S/c1-32-22-13-10-19(24(27)33-16-17-8-11-20(12-9-17)26(28)29)15-23(22)34(30,31)25-14-4-6-18-5-2-3-7-21(18)25/h2-3,5,7-13,15H,4,6,14,16H2,1H3. The Morgan fingerprint density at radius 2 is 1.82 bits per heavy atom. The summed E-state index contributed by atoms with van der Waals surface area (Å²) in [5.74, 6) is -0.605. The second-order valence-corrected chi connectivity index (χ2v) is 9.51. The number of methoxy groups -OCH3 is 1. The van der Waals surface area contributed by atoms with Crippen molar-refractivity contribution in [1.29, 1.82) is 0 Å². The van der Waals surface area contributed by atoms with E-state index in [9.17, 15) is 23.3 Å². The SMILES string of the molecule is COc1ccc(C(=O)OCc2ccc([N+](=O)[O-])cc2)cc1S(=O)(=O)N1CCCc2ccccc21. The molecule has 0 saturated carbocycles. The van der Waals surface area contributed by atoms with E-state index in [0.29, 0.717) is 24.2 Å². The average molecular weight is 483 g/mol. The molecule has 0 amide bonds. The number of anilines is 1. The Kier molecular flexibility index (Phi) is 6.51. The van der Waals surface area contributed by atoms with E-state index in [1.54, 1.807) is 12.1 Å². The van der Waals surface area contributed by atoms with Crippen LogP contribution in [0.3, 0.4) is 0 Å². The normalized spacial score (nSPS) is 13.1. The highest BCUT2D eigenvalue weighted by molar-refractivity contribution is 7.93. The predicted octanol–water partition coefficient (Wildman–Crippen LogP) is 4.10. The molecule has 0 radical (unpaired) electrons. The summed E-state index contributed by atoms with van der Waals surface area (Å²) in [6.07, 6.45) is 1.46. The lowest BCUT2D eigenvalue weighted by Crippen LogP contribution is -2.35. The number of para-hydroxylation sites is 1. The van der Waals surface area contributed by atoms with Crippen LogP contribution >= 0.6 is 0 Å². The molecule has 9 nitrogen and oxygen atoms in total. The zero-order valence-corrected chi connectivity index (χ0v) is 19.2. The molecule has 0 aliphatic carbocycles. The first-order valence-corrected chi connectivity index (χ1v) is 11.9. The highest BCUT2D eigenvalue weighted by Gasteiger charge is 2.32. The minimum Gasteiger partial charge on any atom is -0.495 e. The summed E-state index contributed by atoms with van der Waals surface area (Å²) in [7, 11) is -2.65. The molecule has 1 aliphatic heterocycles. The summed E-state index contributed by atoms with van der Waals surface area (Å²) in [4.78, 5) is 22.8. The first-order valence-electron chi connectivity index (χ1n) is 10.5. The van der Waals surface area contributed by atoms with Crippen LogP contribution in [0, 0.1) is 10.1 Å². The van der Waals surface area contributed by atoms with E-state index in [1.165, 1.54) is 53.9 Å². The van der Waals surface area contributed by atoms with Gasteiger partial charge in [-0.25, -0.2) is 13.2 Å². The summed E-state index contributed by atoms with van der Waals surface area (Å²) in [6, 6.07) is 17.0. The summed E-state index contributed by atoms with van der Waals surface area (Å²) < 4.78 is 39.2. The van der Waals surface area contributed by atoms with Crippen molar-refractivity contribution in [1.82, 2.24) is 0 Å². The monoisotopic (exact) mass is 482 g/mol. The van der Waals surface area contributed by atoms with Crippen LogP contribution in [0.4, 0.5) is 11.4 Å². The lowest BCUT2D eigenvalue weighted by atomic mass is 10.0. The number of aryl methyl sites for hydroxylation is 1. The number of ether oxygens (including phenoxy) is 2. The number of esters is 1. The maximum absolute atomic E-state index is 13.6. The number of benzene rings is 3. The predicted molar refractivity (Wildman–Crippen MR) is 125 cm³/mol. The maximum atomic E-state index is 13.6. The van der Waals surface area contributed by atoms with E-state index in [0.717, 1.165) is 12.0 Å². The van der Waals surface area contributed by atoms with Gasteiger partial charge in [-0.05, 0) is 60.4 Å². The van der Waals surface area contributed by atoms with Crippen molar-refractivity contribution < 1.29 is 27.6 Å². The number of nitro benzene ring substituents is 1. The van der Waals surface area contributed by atoms with Crippen molar-refractivity contribution in [3.63, 3.8) is 0 Å². The van der Waals surface area contributed by atoms with Crippen LogP contribution in [0.25, 0.3) is 0 Å². The average Bonchev–Trinajstić information content (AvgIpc) is 2.86. The zero-order chi connectivity index (χ0) is 24.3. The molecule has 0 spiro atoms. The third-order valence-corrected chi connectivity index (χ3v) is 7.39. The largest absolute Gasteiger partial charge is 0.495 e. The molecule has 0 saturated heterocycles. The van der Waals surface area contributed by atoms with Crippen molar-refractivity contribution in [2.24, 2.45) is 0 Å². The van der Waals surface area contributed by atoms with Gasteiger partial charge in [-0.15, -0.1) is 0 Å². The van der Waals surface area contributed by atoms with Crippen molar-refractivity contribution in [2.75, 3.05) is 18.0 Å². The number of carbonyl (C=O) groups excluding carboxylic acids is 1. The van der Waals surface area contributed by atoms with Gasteiger partial charge < -0.3 is 9.47 Å². The zero-order valence-electron chi connectivity index (χ0n) is 18.3. The van der Waals surface area contributed by atoms with Crippen molar-refractivity contribution >= 4 is 27.4 Å². The molecule has 0 aromatic heterocycles. The molecule has 4 rings (SSSR count). The second kappa shape index (κ2) is 9.52. The van der Waals surface area contributed by atoms with E-state index in [1.807, 2.05) is 12.1 Å². The van der Waals surface area contributed by atoms with Gasteiger partial charge in [0.15, 0.2) is 0 Å². The van der Waals surface area contributed by atoms with Crippen LogP contribution in [0.1, 0.15) is 27.9 Å². The highest BCUT2D eigenvalue weighted by atomic mass is 32.2. The van der Waals surface area contributed by atoms with Crippen LogP contribution < -0.4 is 9.04 Å². The van der Waals surface area contributed by atoms with Gasteiger partial charge >= 0.3 is 5.97 Å². The fourth-order valence-electron chi connectivity index (χ4n) is 3.82. The molecular weight excluding hydrogens is 460 g/mol. The van der Waals surface area contributed by atoms with Crippen LogP contribution in [0.15, 0.2) is 71.6 Å². The van der Waals surface area contributed by atoms with Crippen molar-refractivity contribution in [3.05, 3.63) is 93.5 Å². The Balaban J connectivity index is 1.59. The molecule has 176 valence electrons. The number of non-ortho nitro benzene ring substituents is 1. The topological polar surface area (TPSA) is 116 Å². The number of hydrogen-bond acceptors (Lipinski definition) is 7. The number of nitrogens with zero attached hydrogens (tertiary/aromatic N) is 2. The number of carbonyl (C=O) groups is 1. The Labute approximate surface area is 196 Å². The van der Waals surface area contributed by atoms with Gasteiger partial charge in [0.1, 0.15) is 17.3 Å². The lowest BCUT2D eigenvalue weighted by molar-refractivity contribution is -0.384. The molecule has 0 fully saturated rings. The third kappa shape index (κ3) is 4.58. The van der Waals surface area contributed by atoms with E-state index in [-0.39, 0.29) is 28.5 Å². The Morgan fingerprint density at radius 1 is 1.09 bits per heavy atom. The van der Waals surface area contributed by atoms with Gasteiger partial charge in [0, 0.05) is 18.7 Å². The molecule has 0 bridgehead atoms. The molecule has 3 aromatic carbocycles. The molecule has 0 atom stereocenters. The maximum Gasteiger partial charge on any atom is 0.338 e. The van der Waals surface area contributed by atoms with E-state index in [2.05, 4.69) is 0 Å². The van der Waals surface area contributed by atoms with Gasteiger partial charge in [0.25, 0.3) is 15.7 Å². The minimum atomic E-state index is -4.02. The first-order chi connectivity index (χ1) is 16.3. The summed E-state index contributed by atoms with van der Waals surface area (Å²) in [6.45, 7) is 0.196. The van der Waals surface area contributed by atoms with Gasteiger partial charge in [0.2, 0.25) is 0 Å². The first kappa shape index (κ1) is 23.2. The molecular formula is C24H22N2O7S. The Bertz CT molecular complexity index is 1340. The number of hydrogen-bond donors (Lipinski definition) is 0. The van der Waals surface area contributed by atoms with Crippen molar-refractivity contribution in [3.8, 4) is 5.75 Å². The fraction of sp³-hybridized carbons (Fsp3) is 0.208. The van der Waals surface area contributed by atoms with Crippen LogP contribution in [0.2, 0.25) is 0 Å². The van der Waals surface area contributed by atoms with Gasteiger partial charge in [-0.2, -0.15) is 0 Å². The van der Waals surface area contributed by atoms with Gasteiger partial charge in [-0.1, -0.05) is 18.2 Å².